The molecule has 0 saturated heterocycles. The van der Waals surface area contributed by atoms with Crippen LogP contribution in [0.15, 0.2) is 0 Å². The lowest BCUT2D eigenvalue weighted by atomic mass is 9.81. The monoisotopic (exact) mass is 251 g/mol. The van der Waals surface area contributed by atoms with Crippen molar-refractivity contribution in [1.29, 1.82) is 0 Å². The highest BCUT2D eigenvalue weighted by molar-refractivity contribution is 4.91. The van der Waals surface area contributed by atoms with Crippen molar-refractivity contribution in [3.05, 3.63) is 0 Å². The molecule has 0 aliphatic heterocycles. The second kappa shape index (κ2) is 6.93. The lowest BCUT2D eigenvalue weighted by Crippen LogP contribution is -2.34. The molecule has 18 heavy (non-hydrogen) atoms. The first-order chi connectivity index (χ1) is 8.76. The Hall–Kier alpha value is -0.0400. The van der Waals surface area contributed by atoms with Crippen LogP contribution in [0.4, 0.5) is 0 Å². The minimum atomic E-state index is 0.796. The highest BCUT2D eigenvalue weighted by Crippen LogP contribution is 2.50. The molecule has 0 aromatic carbocycles. The first-order valence-electron chi connectivity index (χ1n) is 8.50. The summed E-state index contributed by atoms with van der Waals surface area (Å²) in [5.41, 5.74) is 0. The molecule has 1 N–H and O–H groups in total. The average Bonchev–Trinajstić information content (AvgIpc) is 2.98. The maximum atomic E-state index is 3.77. The minimum absolute atomic E-state index is 0.796. The maximum absolute atomic E-state index is 3.77. The molecule has 2 aliphatic carbocycles. The summed E-state index contributed by atoms with van der Waals surface area (Å²) in [6, 6.07) is 0.796. The van der Waals surface area contributed by atoms with Gasteiger partial charge in [-0.1, -0.05) is 40.0 Å². The molecule has 0 radical (unpaired) electrons. The zero-order chi connectivity index (χ0) is 13.0. The van der Waals surface area contributed by atoms with Gasteiger partial charge < -0.3 is 5.32 Å². The zero-order valence-corrected chi connectivity index (χ0v) is 12.8. The standard InChI is InChI=1S/C17H33N/c1-4-13(5-2)11-17(18-6-3)12-16-10-14-7-8-15(16)9-14/h13-18H,4-12H2,1-3H3. The van der Waals surface area contributed by atoms with Gasteiger partial charge >= 0.3 is 0 Å². The molecule has 2 saturated carbocycles. The van der Waals surface area contributed by atoms with Crippen LogP contribution < -0.4 is 5.32 Å². The smallest absolute Gasteiger partial charge is 0.00723 e. The summed E-state index contributed by atoms with van der Waals surface area (Å²) in [6.45, 7) is 8.12. The highest BCUT2D eigenvalue weighted by Gasteiger charge is 2.40. The molecule has 0 aromatic rings. The highest BCUT2D eigenvalue weighted by atomic mass is 14.9. The van der Waals surface area contributed by atoms with Crippen LogP contribution in [0.3, 0.4) is 0 Å². The molecule has 0 amide bonds. The molecule has 2 rings (SSSR count). The van der Waals surface area contributed by atoms with Crippen molar-refractivity contribution in [2.75, 3.05) is 6.54 Å². The molecule has 1 nitrogen and oxygen atoms in total. The van der Waals surface area contributed by atoms with Gasteiger partial charge in [-0.05, 0) is 62.3 Å². The van der Waals surface area contributed by atoms with Crippen LogP contribution in [0.25, 0.3) is 0 Å². The summed E-state index contributed by atoms with van der Waals surface area (Å²) >= 11 is 0. The summed E-state index contributed by atoms with van der Waals surface area (Å²) in [5.74, 6) is 4.20. The van der Waals surface area contributed by atoms with Gasteiger partial charge in [-0.3, -0.25) is 0 Å². The Morgan fingerprint density at radius 3 is 2.33 bits per heavy atom. The Balaban J connectivity index is 1.82. The topological polar surface area (TPSA) is 12.0 Å². The predicted octanol–water partition coefficient (Wildman–Crippen LogP) is 4.62. The third-order valence-corrected chi connectivity index (χ3v) is 5.74. The number of hydrogen-bond donors (Lipinski definition) is 1. The van der Waals surface area contributed by atoms with Crippen LogP contribution >= 0.6 is 0 Å². The second-order valence-electron chi connectivity index (χ2n) is 6.84. The van der Waals surface area contributed by atoms with Crippen LogP contribution in [0.2, 0.25) is 0 Å². The Kier molecular flexibility index (Phi) is 5.54. The molecule has 0 aromatic heterocycles. The third-order valence-electron chi connectivity index (χ3n) is 5.74. The molecule has 1 heteroatoms. The number of rotatable bonds is 8. The van der Waals surface area contributed by atoms with Crippen LogP contribution in [0.5, 0.6) is 0 Å². The van der Waals surface area contributed by atoms with Gasteiger partial charge in [0.2, 0.25) is 0 Å². The van der Waals surface area contributed by atoms with E-state index in [1.807, 2.05) is 0 Å². The fourth-order valence-corrected chi connectivity index (χ4v) is 4.61. The van der Waals surface area contributed by atoms with Gasteiger partial charge in [-0.15, -0.1) is 0 Å². The van der Waals surface area contributed by atoms with E-state index < -0.39 is 0 Å². The predicted molar refractivity (Wildman–Crippen MR) is 79.7 cm³/mol. The van der Waals surface area contributed by atoms with E-state index in [4.69, 9.17) is 0 Å². The summed E-state index contributed by atoms with van der Waals surface area (Å²) < 4.78 is 0. The molecule has 0 heterocycles. The normalized spacial score (nSPS) is 32.3. The first kappa shape index (κ1) is 14.4. The van der Waals surface area contributed by atoms with Gasteiger partial charge in [0, 0.05) is 6.04 Å². The minimum Gasteiger partial charge on any atom is -0.314 e. The molecular formula is C17H33N. The van der Waals surface area contributed by atoms with Crippen LogP contribution in [-0.4, -0.2) is 12.6 Å². The Bertz CT molecular complexity index is 234. The van der Waals surface area contributed by atoms with Crippen LogP contribution in [-0.2, 0) is 0 Å². The van der Waals surface area contributed by atoms with Gasteiger partial charge in [-0.2, -0.15) is 0 Å². The Labute approximate surface area is 114 Å². The SMILES string of the molecule is CCNC(CC(CC)CC)CC1CC2CCC1C2. The van der Waals surface area contributed by atoms with Gasteiger partial charge in [-0.25, -0.2) is 0 Å². The van der Waals surface area contributed by atoms with Gasteiger partial charge in [0.15, 0.2) is 0 Å². The van der Waals surface area contributed by atoms with Crippen molar-refractivity contribution in [3.63, 3.8) is 0 Å². The van der Waals surface area contributed by atoms with Crippen molar-refractivity contribution in [3.8, 4) is 0 Å². The maximum Gasteiger partial charge on any atom is 0.00723 e. The van der Waals surface area contributed by atoms with Crippen LogP contribution in [0.1, 0.15) is 72.1 Å². The van der Waals surface area contributed by atoms with E-state index in [0.717, 1.165) is 36.3 Å². The molecule has 2 aliphatic rings. The fourth-order valence-electron chi connectivity index (χ4n) is 4.61. The quantitative estimate of drug-likeness (QED) is 0.664. The first-order valence-corrected chi connectivity index (χ1v) is 8.50. The molecule has 0 spiro atoms. The zero-order valence-electron chi connectivity index (χ0n) is 12.8. The molecule has 2 fully saturated rings. The molecule has 4 unspecified atom stereocenters. The van der Waals surface area contributed by atoms with E-state index in [1.54, 1.807) is 25.7 Å². The van der Waals surface area contributed by atoms with E-state index in [9.17, 15) is 0 Å². The van der Waals surface area contributed by atoms with Gasteiger partial charge in [0.1, 0.15) is 0 Å². The van der Waals surface area contributed by atoms with E-state index in [1.165, 1.54) is 25.7 Å². The van der Waals surface area contributed by atoms with Crippen LogP contribution in [0, 0.1) is 23.7 Å². The third kappa shape index (κ3) is 3.50. The van der Waals surface area contributed by atoms with Gasteiger partial charge in [0.05, 0.1) is 0 Å². The summed E-state index contributed by atoms with van der Waals surface area (Å²) in [5, 5.41) is 3.77. The van der Waals surface area contributed by atoms with Crippen molar-refractivity contribution in [2.24, 2.45) is 23.7 Å². The van der Waals surface area contributed by atoms with Crippen molar-refractivity contribution in [2.45, 2.75) is 78.2 Å². The molecular weight excluding hydrogens is 218 g/mol. The molecule has 106 valence electrons. The molecule has 2 bridgehead atoms. The van der Waals surface area contributed by atoms with Crippen molar-refractivity contribution < 1.29 is 0 Å². The Morgan fingerprint density at radius 1 is 1.06 bits per heavy atom. The van der Waals surface area contributed by atoms with Crippen molar-refractivity contribution in [1.82, 2.24) is 5.32 Å². The lowest BCUT2D eigenvalue weighted by Gasteiger charge is -2.29. The van der Waals surface area contributed by atoms with Gasteiger partial charge in [0.25, 0.3) is 0 Å². The van der Waals surface area contributed by atoms with E-state index in [2.05, 4.69) is 26.1 Å². The second-order valence-corrected chi connectivity index (χ2v) is 6.84. The van der Waals surface area contributed by atoms with Crippen molar-refractivity contribution >= 4 is 0 Å². The molecule has 4 atom stereocenters. The Morgan fingerprint density at radius 2 is 1.83 bits per heavy atom. The lowest BCUT2D eigenvalue weighted by molar-refractivity contribution is 0.253. The van der Waals surface area contributed by atoms with E-state index >= 15 is 0 Å². The fraction of sp³-hybridized carbons (Fsp3) is 1.00. The summed E-state index contributed by atoms with van der Waals surface area (Å²) in [7, 11) is 0. The average molecular weight is 251 g/mol. The van der Waals surface area contributed by atoms with E-state index in [0.29, 0.717) is 0 Å². The number of nitrogens with one attached hydrogen (secondary N) is 1. The number of fused-ring (bicyclic) bond motifs is 2. The number of hydrogen-bond acceptors (Lipinski definition) is 1. The largest absolute Gasteiger partial charge is 0.314 e. The summed E-state index contributed by atoms with van der Waals surface area (Å²) in [4.78, 5) is 0. The summed E-state index contributed by atoms with van der Waals surface area (Å²) in [6.07, 6.45) is 11.8. The van der Waals surface area contributed by atoms with E-state index in [-0.39, 0.29) is 0 Å².